The van der Waals surface area contributed by atoms with Gasteiger partial charge in [0.1, 0.15) is 0 Å². The van der Waals surface area contributed by atoms with Crippen molar-refractivity contribution >= 4 is 5.78 Å². The van der Waals surface area contributed by atoms with Crippen LogP contribution in [0.1, 0.15) is 43.0 Å². The van der Waals surface area contributed by atoms with Crippen LogP contribution >= 0.6 is 0 Å². The predicted octanol–water partition coefficient (Wildman–Crippen LogP) is 3.66. The molecule has 1 aliphatic heterocycles. The van der Waals surface area contributed by atoms with Crippen molar-refractivity contribution < 1.29 is 13.6 Å². The first-order valence-corrected chi connectivity index (χ1v) is 7.30. The van der Waals surface area contributed by atoms with E-state index >= 15 is 0 Å². The van der Waals surface area contributed by atoms with E-state index in [0.717, 1.165) is 44.0 Å². The molecule has 0 N–H and O–H groups in total. The highest BCUT2D eigenvalue weighted by atomic mass is 19.2. The Balaban J connectivity index is 1.87. The topological polar surface area (TPSA) is 20.3 Å². The lowest BCUT2D eigenvalue weighted by Gasteiger charge is -2.31. The number of ketones is 1. The molecule has 110 valence electrons. The van der Waals surface area contributed by atoms with E-state index in [1.165, 1.54) is 18.9 Å². The molecule has 0 amide bonds. The number of likely N-dealkylation sites (tertiary alicyclic amines) is 1. The quantitative estimate of drug-likeness (QED) is 0.768. The zero-order chi connectivity index (χ0) is 14.5. The molecule has 0 bridgehead atoms. The molecule has 1 fully saturated rings. The van der Waals surface area contributed by atoms with Gasteiger partial charge >= 0.3 is 0 Å². The van der Waals surface area contributed by atoms with Crippen LogP contribution in [0.15, 0.2) is 18.2 Å². The number of piperidine rings is 1. The zero-order valence-electron chi connectivity index (χ0n) is 11.9. The summed E-state index contributed by atoms with van der Waals surface area (Å²) in [5, 5.41) is 0. The van der Waals surface area contributed by atoms with E-state index in [1.807, 2.05) is 0 Å². The number of carbonyl (C=O) groups is 1. The molecule has 20 heavy (non-hydrogen) atoms. The van der Waals surface area contributed by atoms with Crippen LogP contribution in [0.2, 0.25) is 0 Å². The fraction of sp³-hybridized carbons (Fsp3) is 0.562. The summed E-state index contributed by atoms with van der Waals surface area (Å²) in [5.41, 5.74) is 0.250. The maximum Gasteiger partial charge on any atom is 0.176 e. The normalized spacial score (nSPS) is 17.4. The summed E-state index contributed by atoms with van der Waals surface area (Å²) >= 11 is 0. The van der Waals surface area contributed by atoms with Gasteiger partial charge < -0.3 is 0 Å². The number of halogens is 2. The molecule has 0 radical (unpaired) electrons. The number of hydrogen-bond acceptors (Lipinski definition) is 2. The Kier molecular flexibility index (Phi) is 5.24. The minimum absolute atomic E-state index is 0.141. The largest absolute Gasteiger partial charge is 0.296 e. The van der Waals surface area contributed by atoms with Crippen molar-refractivity contribution in [1.29, 1.82) is 0 Å². The molecule has 0 aliphatic carbocycles. The van der Waals surface area contributed by atoms with Gasteiger partial charge in [0.25, 0.3) is 0 Å². The molecule has 0 saturated carbocycles. The van der Waals surface area contributed by atoms with Gasteiger partial charge in [0, 0.05) is 5.56 Å². The van der Waals surface area contributed by atoms with Gasteiger partial charge in [0.15, 0.2) is 17.4 Å². The van der Waals surface area contributed by atoms with E-state index in [9.17, 15) is 13.6 Å². The first-order valence-electron chi connectivity index (χ1n) is 7.30. The highest BCUT2D eigenvalue weighted by Crippen LogP contribution is 2.21. The summed E-state index contributed by atoms with van der Waals surface area (Å²) < 4.78 is 26.0. The summed E-state index contributed by atoms with van der Waals surface area (Å²) in [5.74, 6) is -1.24. The lowest BCUT2D eigenvalue weighted by molar-refractivity contribution is 0.0892. The van der Waals surface area contributed by atoms with Crippen LogP contribution in [0, 0.1) is 17.6 Å². The third-order valence-corrected chi connectivity index (χ3v) is 4.01. The van der Waals surface area contributed by atoms with Crippen LogP contribution < -0.4 is 0 Å². The van der Waals surface area contributed by atoms with E-state index < -0.39 is 11.6 Å². The monoisotopic (exact) mass is 281 g/mol. The SMILES string of the molecule is CCCC1CCN(CC(=O)c2ccc(F)c(F)c2)CC1. The van der Waals surface area contributed by atoms with Crippen molar-refractivity contribution in [3.8, 4) is 0 Å². The summed E-state index contributed by atoms with van der Waals surface area (Å²) in [6.07, 6.45) is 4.71. The third-order valence-electron chi connectivity index (χ3n) is 4.01. The summed E-state index contributed by atoms with van der Waals surface area (Å²) in [7, 11) is 0. The maximum absolute atomic E-state index is 13.1. The van der Waals surface area contributed by atoms with Gasteiger partial charge in [-0.3, -0.25) is 9.69 Å². The highest BCUT2D eigenvalue weighted by Gasteiger charge is 2.21. The molecule has 4 heteroatoms. The summed E-state index contributed by atoms with van der Waals surface area (Å²) in [6.45, 7) is 4.32. The Bertz CT molecular complexity index is 468. The molecule has 1 aliphatic rings. The molecule has 1 aromatic rings. The standard InChI is InChI=1S/C16H21F2NO/c1-2-3-12-6-8-19(9-7-12)11-16(20)13-4-5-14(17)15(18)10-13/h4-5,10,12H,2-3,6-9,11H2,1H3. The molecule has 0 unspecified atom stereocenters. The molecule has 0 aromatic heterocycles. The van der Waals surface area contributed by atoms with Gasteiger partial charge in [-0.15, -0.1) is 0 Å². The van der Waals surface area contributed by atoms with Gasteiger partial charge in [-0.2, -0.15) is 0 Å². The Hall–Kier alpha value is -1.29. The van der Waals surface area contributed by atoms with Crippen molar-refractivity contribution in [2.24, 2.45) is 5.92 Å². The molecule has 1 heterocycles. The van der Waals surface area contributed by atoms with E-state index in [-0.39, 0.29) is 11.3 Å². The van der Waals surface area contributed by atoms with Crippen molar-refractivity contribution in [2.75, 3.05) is 19.6 Å². The van der Waals surface area contributed by atoms with Crippen LogP contribution in [-0.4, -0.2) is 30.3 Å². The van der Waals surface area contributed by atoms with Crippen molar-refractivity contribution in [3.05, 3.63) is 35.4 Å². The Morgan fingerprint density at radius 2 is 1.95 bits per heavy atom. The third kappa shape index (κ3) is 3.85. The minimum atomic E-state index is -0.961. The van der Waals surface area contributed by atoms with Gasteiger partial charge in [0.05, 0.1) is 6.54 Å². The fourth-order valence-corrected chi connectivity index (χ4v) is 2.81. The number of nitrogens with zero attached hydrogens (tertiary/aromatic N) is 1. The Labute approximate surface area is 118 Å². The molecule has 2 nitrogen and oxygen atoms in total. The second-order valence-corrected chi connectivity index (χ2v) is 5.56. The van der Waals surface area contributed by atoms with Gasteiger partial charge in [-0.25, -0.2) is 8.78 Å². The molecule has 1 aromatic carbocycles. The van der Waals surface area contributed by atoms with Crippen molar-refractivity contribution in [2.45, 2.75) is 32.6 Å². The second-order valence-electron chi connectivity index (χ2n) is 5.56. The molecular weight excluding hydrogens is 260 g/mol. The lowest BCUT2D eigenvalue weighted by Crippen LogP contribution is -2.37. The molecule has 0 spiro atoms. The Morgan fingerprint density at radius 3 is 2.55 bits per heavy atom. The number of benzene rings is 1. The molecule has 2 rings (SSSR count). The van der Waals surface area contributed by atoms with Gasteiger partial charge in [-0.1, -0.05) is 19.8 Å². The van der Waals surface area contributed by atoms with Crippen molar-refractivity contribution in [3.63, 3.8) is 0 Å². The summed E-state index contributed by atoms with van der Waals surface area (Å²) in [4.78, 5) is 14.2. The molecule has 1 saturated heterocycles. The minimum Gasteiger partial charge on any atom is -0.296 e. The van der Waals surface area contributed by atoms with Crippen LogP contribution in [0.3, 0.4) is 0 Å². The zero-order valence-corrected chi connectivity index (χ0v) is 11.9. The average molecular weight is 281 g/mol. The first kappa shape index (κ1) is 15.1. The number of hydrogen-bond donors (Lipinski definition) is 0. The van der Waals surface area contributed by atoms with E-state index in [0.29, 0.717) is 6.54 Å². The highest BCUT2D eigenvalue weighted by molar-refractivity contribution is 5.97. The maximum atomic E-state index is 13.1. The van der Waals surface area contributed by atoms with Crippen LogP contribution in [0.25, 0.3) is 0 Å². The number of carbonyl (C=O) groups excluding carboxylic acids is 1. The lowest BCUT2D eigenvalue weighted by atomic mass is 9.92. The van der Waals surface area contributed by atoms with E-state index in [4.69, 9.17) is 0 Å². The second kappa shape index (κ2) is 6.93. The van der Waals surface area contributed by atoms with E-state index in [2.05, 4.69) is 11.8 Å². The van der Waals surface area contributed by atoms with Crippen LogP contribution in [0.5, 0.6) is 0 Å². The Morgan fingerprint density at radius 1 is 1.25 bits per heavy atom. The predicted molar refractivity (Wildman–Crippen MR) is 74.8 cm³/mol. The number of rotatable bonds is 5. The number of Topliss-reactive ketones (excluding diaryl/α,β-unsaturated/α-hetero) is 1. The molecular formula is C16H21F2NO. The van der Waals surface area contributed by atoms with Crippen LogP contribution in [-0.2, 0) is 0 Å². The van der Waals surface area contributed by atoms with Crippen LogP contribution in [0.4, 0.5) is 8.78 Å². The smallest absolute Gasteiger partial charge is 0.176 e. The average Bonchev–Trinajstić information content (AvgIpc) is 2.44. The van der Waals surface area contributed by atoms with Gasteiger partial charge in [0.2, 0.25) is 0 Å². The first-order chi connectivity index (χ1) is 9.60. The summed E-state index contributed by atoms with van der Waals surface area (Å²) in [6, 6.07) is 3.35. The molecule has 0 atom stereocenters. The van der Waals surface area contributed by atoms with E-state index in [1.54, 1.807) is 0 Å². The fourth-order valence-electron chi connectivity index (χ4n) is 2.81. The van der Waals surface area contributed by atoms with Gasteiger partial charge in [-0.05, 0) is 50.0 Å². The van der Waals surface area contributed by atoms with Crippen molar-refractivity contribution in [1.82, 2.24) is 4.90 Å².